The molecule has 0 aromatic heterocycles. The van der Waals surface area contributed by atoms with Crippen molar-refractivity contribution in [3.63, 3.8) is 0 Å². The van der Waals surface area contributed by atoms with E-state index >= 15 is 0 Å². The second-order valence-corrected chi connectivity index (χ2v) is 4.48. The molecule has 0 spiro atoms. The summed E-state index contributed by atoms with van der Waals surface area (Å²) in [7, 11) is 1.59. The first-order valence-electron chi connectivity index (χ1n) is 6.10. The molecular formula is C15H15N2O2. The van der Waals surface area contributed by atoms with Gasteiger partial charge in [0.1, 0.15) is 18.2 Å². The number of ether oxygens (including phenoxy) is 1. The van der Waals surface area contributed by atoms with E-state index in [9.17, 15) is 5.11 Å². The Labute approximate surface area is 112 Å². The Kier molecular flexibility index (Phi) is 2.91. The van der Waals surface area contributed by atoms with E-state index in [-0.39, 0.29) is 5.75 Å². The largest absolute Gasteiger partial charge is 0.508 e. The van der Waals surface area contributed by atoms with Gasteiger partial charge in [0.05, 0.1) is 18.5 Å². The molecule has 1 aliphatic heterocycles. The molecule has 0 aliphatic carbocycles. The molecule has 97 valence electrons. The highest BCUT2D eigenvalue weighted by molar-refractivity contribution is 5.76. The molecule has 1 radical (unpaired) electrons. The molecule has 0 fully saturated rings. The number of aromatic hydroxyl groups is 1. The highest BCUT2D eigenvalue weighted by atomic mass is 16.5. The number of benzene rings is 2. The summed E-state index contributed by atoms with van der Waals surface area (Å²) in [5.41, 5.74) is 4.16. The summed E-state index contributed by atoms with van der Waals surface area (Å²) < 4.78 is 5.08. The van der Waals surface area contributed by atoms with Crippen molar-refractivity contribution in [2.24, 2.45) is 0 Å². The third-order valence-corrected chi connectivity index (χ3v) is 3.23. The van der Waals surface area contributed by atoms with Crippen LogP contribution in [0.25, 0.3) is 0 Å². The summed E-state index contributed by atoms with van der Waals surface area (Å²) in [5, 5.41) is 16.2. The minimum Gasteiger partial charge on any atom is -0.508 e. The van der Waals surface area contributed by atoms with E-state index in [1.54, 1.807) is 19.8 Å². The highest BCUT2D eigenvalue weighted by Crippen LogP contribution is 2.31. The van der Waals surface area contributed by atoms with Gasteiger partial charge in [-0.1, -0.05) is 12.1 Å². The van der Waals surface area contributed by atoms with E-state index < -0.39 is 0 Å². The summed E-state index contributed by atoms with van der Waals surface area (Å²) >= 11 is 0. The van der Waals surface area contributed by atoms with Crippen LogP contribution in [0.5, 0.6) is 11.5 Å². The molecular weight excluding hydrogens is 240 g/mol. The van der Waals surface area contributed by atoms with Gasteiger partial charge in [0, 0.05) is 12.5 Å². The Balaban J connectivity index is 1.85. The van der Waals surface area contributed by atoms with Crippen molar-refractivity contribution in [3.05, 3.63) is 54.2 Å². The van der Waals surface area contributed by atoms with Crippen molar-refractivity contribution >= 4 is 11.4 Å². The van der Waals surface area contributed by atoms with Crippen molar-refractivity contribution in [1.82, 2.24) is 0 Å². The van der Waals surface area contributed by atoms with Crippen LogP contribution in [0.4, 0.5) is 11.4 Å². The number of anilines is 2. The molecule has 0 saturated heterocycles. The van der Waals surface area contributed by atoms with Crippen molar-refractivity contribution in [2.45, 2.75) is 6.42 Å². The predicted molar refractivity (Wildman–Crippen MR) is 75.5 cm³/mol. The standard InChI is InChI=1S/C15H15N2O2/c1-19-12-4-3-11(15(18)8-12)6-10-2-5-13-14(7-10)17-9-16-13/h2-5,7-9,16-18H,6H2,1H3. The second kappa shape index (κ2) is 4.72. The fourth-order valence-electron chi connectivity index (χ4n) is 2.18. The molecule has 19 heavy (non-hydrogen) atoms. The quantitative estimate of drug-likeness (QED) is 0.789. The molecule has 3 N–H and O–H groups in total. The molecule has 2 aromatic carbocycles. The van der Waals surface area contributed by atoms with Gasteiger partial charge in [-0.25, -0.2) is 0 Å². The fraction of sp³-hybridized carbons (Fsp3) is 0.133. The lowest BCUT2D eigenvalue weighted by Crippen LogP contribution is -1.91. The Hall–Kier alpha value is -2.36. The smallest absolute Gasteiger partial charge is 0.136 e. The Morgan fingerprint density at radius 1 is 1.05 bits per heavy atom. The van der Waals surface area contributed by atoms with Crippen LogP contribution >= 0.6 is 0 Å². The lowest BCUT2D eigenvalue weighted by atomic mass is 10.0. The highest BCUT2D eigenvalue weighted by Gasteiger charge is 2.11. The zero-order valence-electron chi connectivity index (χ0n) is 10.6. The number of methoxy groups -OCH3 is 1. The first-order chi connectivity index (χ1) is 9.26. The minimum absolute atomic E-state index is 0.262. The first kappa shape index (κ1) is 11.7. The average Bonchev–Trinajstić information content (AvgIpc) is 2.88. The summed E-state index contributed by atoms with van der Waals surface area (Å²) in [4.78, 5) is 0. The maximum Gasteiger partial charge on any atom is 0.136 e. The van der Waals surface area contributed by atoms with E-state index in [0.29, 0.717) is 12.2 Å². The molecule has 3 rings (SSSR count). The number of hydrogen-bond donors (Lipinski definition) is 3. The van der Waals surface area contributed by atoms with Gasteiger partial charge >= 0.3 is 0 Å². The number of fused-ring (bicyclic) bond motifs is 1. The summed E-state index contributed by atoms with van der Waals surface area (Å²) in [6.45, 7) is 1.80. The van der Waals surface area contributed by atoms with Crippen LogP contribution < -0.4 is 15.4 Å². The lowest BCUT2D eigenvalue weighted by Gasteiger charge is -2.08. The number of phenols is 1. The van der Waals surface area contributed by atoms with Crippen LogP contribution in [0.1, 0.15) is 11.1 Å². The van der Waals surface area contributed by atoms with Gasteiger partial charge in [-0.2, -0.15) is 0 Å². The summed E-state index contributed by atoms with van der Waals surface area (Å²) in [6, 6.07) is 11.5. The normalized spacial score (nSPS) is 12.5. The topological polar surface area (TPSA) is 53.5 Å². The molecule has 0 amide bonds. The number of phenolic OH excluding ortho intramolecular Hbond substituents is 1. The molecule has 4 nitrogen and oxygen atoms in total. The predicted octanol–water partition coefficient (Wildman–Crippen LogP) is 2.95. The molecule has 0 bridgehead atoms. The molecule has 0 atom stereocenters. The fourth-order valence-corrected chi connectivity index (χ4v) is 2.18. The zero-order valence-corrected chi connectivity index (χ0v) is 10.6. The molecule has 1 heterocycles. The molecule has 0 saturated carbocycles. The Bertz CT molecular complexity index is 611. The summed E-state index contributed by atoms with van der Waals surface area (Å²) in [6.07, 6.45) is 0.685. The van der Waals surface area contributed by atoms with E-state index in [1.165, 1.54) is 0 Å². The van der Waals surface area contributed by atoms with E-state index in [1.807, 2.05) is 18.2 Å². The Morgan fingerprint density at radius 2 is 1.89 bits per heavy atom. The van der Waals surface area contributed by atoms with Crippen LogP contribution in [-0.2, 0) is 6.42 Å². The Morgan fingerprint density at radius 3 is 2.68 bits per heavy atom. The third-order valence-electron chi connectivity index (χ3n) is 3.23. The van der Waals surface area contributed by atoms with Gasteiger partial charge in [0.2, 0.25) is 0 Å². The van der Waals surface area contributed by atoms with Gasteiger partial charge in [-0.15, -0.1) is 0 Å². The van der Waals surface area contributed by atoms with Crippen molar-refractivity contribution < 1.29 is 9.84 Å². The van der Waals surface area contributed by atoms with Gasteiger partial charge in [-0.3, -0.25) is 0 Å². The number of hydrogen-bond acceptors (Lipinski definition) is 4. The molecule has 2 aromatic rings. The summed E-state index contributed by atoms with van der Waals surface area (Å²) in [5.74, 6) is 0.924. The second-order valence-electron chi connectivity index (χ2n) is 4.48. The van der Waals surface area contributed by atoms with Crippen LogP contribution in [0.15, 0.2) is 36.4 Å². The van der Waals surface area contributed by atoms with Crippen LogP contribution in [0.2, 0.25) is 0 Å². The monoisotopic (exact) mass is 255 g/mol. The number of nitrogens with one attached hydrogen (secondary N) is 2. The van der Waals surface area contributed by atoms with E-state index in [4.69, 9.17) is 4.74 Å². The van der Waals surface area contributed by atoms with E-state index in [0.717, 1.165) is 22.5 Å². The van der Waals surface area contributed by atoms with Crippen LogP contribution in [0, 0.1) is 6.67 Å². The van der Waals surface area contributed by atoms with Gasteiger partial charge in [-0.05, 0) is 29.3 Å². The lowest BCUT2D eigenvalue weighted by molar-refractivity contribution is 0.406. The molecule has 4 heteroatoms. The van der Waals surface area contributed by atoms with Crippen molar-refractivity contribution in [1.29, 1.82) is 0 Å². The van der Waals surface area contributed by atoms with Gasteiger partial charge in [0.25, 0.3) is 0 Å². The van der Waals surface area contributed by atoms with Crippen molar-refractivity contribution in [2.75, 3.05) is 17.7 Å². The van der Waals surface area contributed by atoms with Crippen molar-refractivity contribution in [3.8, 4) is 11.5 Å². The molecule has 1 aliphatic rings. The van der Waals surface area contributed by atoms with Crippen LogP contribution in [0.3, 0.4) is 0 Å². The first-order valence-corrected chi connectivity index (χ1v) is 6.10. The third kappa shape index (κ3) is 2.29. The van der Waals surface area contributed by atoms with E-state index in [2.05, 4.69) is 22.8 Å². The zero-order chi connectivity index (χ0) is 13.2. The minimum atomic E-state index is 0.262. The van der Waals surface area contributed by atoms with Crippen LogP contribution in [-0.4, -0.2) is 12.2 Å². The average molecular weight is 255 g/mol. The SMILES string of the molecule is COc1ccc(Cc2ccc3c(c2)N[CH]N3)c(O)c1. The maximum atomic E-state index is 9.96. The van der Waals surface area contributed by atoms with Gasteiger partial charge < -0.3 is 20.5 Å². The molecule has 0 unspecified atom stereocenters. The maximum absolute atomic E-state index is 9.96. The van der Waals surface area contributed by atoms with Gasteiger partial charge in [0.15, 0.2) is 0 Å². The number of rotatable bonds is 3.